The monoisotopic (exact) mass is 376 g/mol. The molecule has 0 amide bonds. The van der Waals surface area contributed by atoms with Crippen LogP contribution in [-0.2, 0) is 6.54 Å². The topological polar surface area (TPSA) is 23.8 Å². The Kier molecular flexibility index (Phi) is 4.54. The van der Waals surface area contributed by atoms with Crippen LogP contribution in [0.2, 0.25) is 0 Å². The van der Waals surface area contributed by atoms with Gasteiger partial charge in [-0.3, -0.25) is 0 Å². The lowest BCUT2D eigenvalue weighted by atomic mass is 9.95. The average Bonchev–Trinajstić information content (AvgIpc) is 3.38. The van der Waals surface area contributed by atoms with Crippen LogP contribution >= 0.6 is 11.8 Å². The van der Waals surface area contributed by atoms with Gasteiger partial charge in [0.15, 0.2) is 0 Å². The van der Waals surface area contributed by atoms with Crippen molar-refractivity contribution in [2.45, 2.75) is 24.8 Å². The molecular weight excluding hydrogens is 352 g/mol. The van der Waals surface area contributed by atoms with Crippen molar-refractivity contribution >= 4 is 23.1 Å². The van der Waals surface area contributed by atoms with Crippen molar-refractivity contribution < 1.29 is 0 Å². The first-order valence-corrected chi connectivity index (χ1v) is 10.6. The highest BCUT2D eigenvalue weighted by atomic mass is 32.2. The molecule has 0 N–H and O–H groups in total. The average molecular weight is 377 g/mol. The van der Waals surface area contributed by atoms with E-state index in [1.807, 2.05) is 24.2 Å². The maximum atomic E-state index is 4.42. The van der Waals surface area contributed by atoms with Crippen molar-refractivity contribution in [3.05, 3.63) is 78.2 Å². The maximum Gasteiger partial charge on any atom is 0.136 e. The summed E-state index contributed by atoms with van der Waals surface area (Å²) in [7, 11) is 0. The first-order chi connectivity index (χ1) is 13.4. The zero-order valence-electron chi connectivity index (χ0n) is 15.3. The third-order valence-electron chi connectivity index (χ3n) is 5.69. The summed E-state index contributed by atoms with van der Waals surface area (Å²) in [5, 5.41) is 2.82. The van der Waals surface area contributed by atoms with Crippen molar-refractivity contribution in [1.29, 1.82) is 0 Å². The predicted molar refractivity (Wildman–Crippen MR) is 113 cm³/mol. The molecular formula is C22H24N4S. The molecule has 2 aromatic heterocycles. The first kappa shape index (κ1) is 16.8. The van der Waals surface area contributed by atoms with Gasteiger partial charge in [0.1, 0.15) is 5.65 Å². The minimum Gasteiger partial charge on any atom is -0.372 e. The van der Waals surface area contributed by atoms with Crippen LogP contribution in [0.25, 0.3) is 5.65 Å². The van der Waals surface area contributed by atoms with Gasteiger partial charge in [0.05, 0.1) is 5.37 Å². The van der Waals surface area contributed by atoms with Gasteiger partial charge in [-0.1, -0.05) is 18.2 Å². The zero-order chi connectivity index (χ0) is 18.1. The van der Waals surface area contributed by atoms with Gasteiger partial charge in [0, 0.05) is 50.1 Å². The summed E-state index contributed by atoms with van der Waals surface area (Å²) < 4.78 is 2.06. The van der Waals surface area contributed by atoms with Crippen LogP contribution in [0.5, 0.6) is 0 Å². The number of hydrogen-bond donors (Lipinski definition) is 0. The third kappa shape index (κ3) is 3.44. The Labute approximate surface area is 164 Å². The highest BCUT2D eigenvalue weighted by Gasteiger charge is 2.32. The Morgan fingerprint density at radius 3 is 2.74 bits per heavy atom. The van der Waals surface area contributed by atoms with Crippen LogP contribution in [0.3, 0.4) is 0 Å². The van der Waals surface area contributed by atoms with Crippen molar-refractivity contribution in [3.63, 3.8) is 0 Å². The summed E-state index contributed by atoms with van der Waals surface area (Å²) in [6.45, 7) is 3.26. The zero-order valence-corrected chi connectivity index (χ0v) is 16.1. The number of pyridine rings is 1. The second-order valence-corrected chi connectivity index (χ2v) is 8.40. The molecule has 1 atom stereocenters. The Morgan fingerprint density at radius 1 is 1.04 bits per heavy atom. The molecule has 0 spiro atoms. The molecule has 2 aliphatic rings. The van der Waals surface area contributed by atoms with Crippen LogP contribution in [-0.4, -0.2) is 32.7 Å². The van der Waals surface area contributed by atoms with Gasteiger partial charge in [-0.05, 0) is 54.0 Å². The van der Waals surface area contributed by atoms with Crippen molar-refractivity contribution in [2.24, 2.45) is 5.92 Å². The van der Waals surface area contributed by atoms with Gasteiger partial charge >= 0.3 is 0 Å². The molecule has 3 aromatic rings. The Morgan fingerprint density at radius 2 is 1.89 bits per heavy atom. The van der Waals surface area contributed by atoms with Gasteiger partial charge in [0.25, 0.3) is 0 Å². The number of aromatic nitrogens is 2. The number of imidazole rings is 1. The van der Waals surface area contributed by atoms with Gasteiger partial charge < -0.3 is 14.2 Å². The van der Waals surface area contributed by atoms with E-state index in [9.17, 15) is 0 Å². The number of hydrogen-bond acceptors (Lipinski definition) is 4. The van der Waals surface area contributed by atoms with Crippen LogP contribution in [0, 0.1) is 5.92 Å². The fourth-order valence-electron chi connectivity index (χ4n) is 4.22. The van der Waals surface area contributed by atoms with E-state index >= 15 is 0 Å². The van der Waals surface area contributed by atoms with E-state index in [1.54, 1.807) is 0 Å². The maximum absolute atomic E-state index is 4.42. The summed E-state index contributed by atoms with van der Waals surface area (Å²) in [5.74, 6) is 0.736. The van der Waals surface area contributed by atoms with Gasteiger partial charge in [-0.2, -0.15) is 0 Å². The molecule has 138 valence electrons. The summed E-state index contributed by atoms with van der Waals surface area (Å²) in [6.07, 6.45) is 10.7. The second-order valence-electron chi connectivity index (χ2n) is 7.37. The minimum atomic E-state index is 0.555. The fourth-order valence-corrected chi connectivity index (χ4v) is 5.41. The third-order valence-corrected chi connectivity index (χ3v) is 6.90. The van der Waals surface area contributed by atoms with Crippen LogP contribution < -0.4 is 4.90 Å². The number of piperidine rings is 1. The first-order valence-electron chi connectivity index (χ1n) is 9.66. The second kappa shape index (κ2) is 7.31. The molecule has 27 heavy (non-hydrogen) atoms. The van der Waals surface area contributed by atoms with E-state index in [-0.39, 0.29) is 0 Å². The minimum absolute atomic E-state index is 0.555. The summed E-state index contributed by atoms with van der Waals surface area (Å²) in [5.41, 5.74) is 3.71. The smallest absolute Gasteiger partial charge is 0.136 e. The Balaban J connectivity index is 1.24. The Bertz CT molecular complexity index is 928. The molecule has 5 heteroatoms. The molecule has 0 aliphatic carbocycles. The molecule has 0 saturated carbocycles. The highest BCUT2D eigenvalue weighted by Crippen LogP contribution is 2.37. The van der Waals surface area contributed by atoms with E-state index < -0.39 is 0 Å². The van der Waals surface area contributed by atoms with Gasteiger partial charge in [-0.15, -0.1) is 11.8 Å². The lowest BCUT2D eigenvalue weighted by molar-refractivity contribution is 0.245. The van der Waals surface area contributed by atoms with Crippen molar-refractivity contribution in [3.8, 4) is 0 Å². The van der Waals surface area contributed by atoms with Gasteiger partial charge in [0.2, 0.25) is 0 Å². The van der Waals surface area contributed by atoms with Crippen LogP contribution in [0.1, 0.15) is 18.4 Å². The number of para-hydroxylation sites is 1. The van der Waals surface area contributed by atoms with Crippen LogP contribution in [0.4, 0.5) is 5.69 Å². The highest BCUT2D eigenvalue weighted by molar-refractivity contribution is 8.02. The summed E-state index contributed by atoms with van der Waals surface area (Å²) in [4.78, 5) is 9.46. The summed E-state index contributed by atoms with van der Waals surface area (Å²) in [6, 6.07) is 15.2. The van der Waals surface area contributed by atoms with Crippen molar-refractivity contribution in [2.75, 3.05) is 18.0 Å². The molecule has 1 saturated heterocycles. The number of fused-ring (bicyclic) bond motifs is 1. The fraction of sp³-hybridized carbons (Fsp3) is 0.318. The molecule has 0 bridgehead atoms. The number of thioether (sulfide) groups is 1. The molecule has 1 unspecified atom stereocenters. The number of nitrogens with zero attached hydrogens (tertiary/aromatic N) is 4. The van der Waals surface area contributed by atoms with E-state index in [0.717, 1.165) is 31.2 Å². The summed E-state index contributed by atoms with van der Waals surface area (Å²) >= 11 is 1.98. The van der Waals surface area contributed by atoms with E-state index in [0.29, 0.717) is 5.37 Å². The quantitative estimate of drug-likeness (QED) is 0.664. The molecule has 4 heterocycles. The standard InChI is InChI=1S/C22H24N4S/c1-2-4-20(5-3-1)24-11-7-19(8-12-24)22-26(14-15-27-22)17-18-6-10-25-13-9-23-21(25)16-18/h1-6,9-10,13-16,19,22H,7-8,11-12,17H2. The number of anilines is 1. The van der Waals surface area contributed by atoms with E-state index in [1.165, 1.54) is 24.1 Å². The van der Waals surface area contributed by atoms with E-state index in [4.69, 9.17) is 0 Å². The number of rotatable bonds is 4. The van der Waals surface area contributed by atoms with Crippen molar-refractivity contribution in [1.82, 2.24) is 14.3 Å². The molecule has 0 radical (unpaired) electrons. The van der Waals surface area contributed by atoms with Gasteiger partial charge in [-0.25, -0.2) is 4.98 Å². The molecule has 4 nitrogen and oxygen atoms in total. The largest absolute Gasteiger partial charge is 0.372 e. The molecule has 5 rings (SSSR count). The number of benzene rings is 1. The lowest BCUT2D eigenvalue weighted by Crippen LogP contribution is -2.40. The SMILES string of the molecule is C1=CN(Cc2ccn3ccnc3c2)C(C2CCN(c3ccccc3)CC2)S1. The molecule has 2 aliphatic heterocycles. The predicted octanol–water partition coefficient (Wildman–Crippen LogP) is 4.60. The molecule has 1 fully saturated rings. The molecule has 1 aromatic carbocycles. The van der Waals surface area contributed by atoms with E-state index in [2.05, 4.69) is 79.5 Å². The van der Waals surface area contributed by atoms with Crippen LogP contribution in [0.15, 0.2) is 72.7 Å². The Hall–Kier alpha value is -2.40. The normalized spacial score (nSPS) is 20.7. The lowest BCUT2D eigenvalue weighted by Gasteiger charge is -2.39.